The predicted octanol–water partition coefficient (Wildman–Crippen LogP) is -0.120. The molecule has 0 bridgehead atoms. The number of hydrogen-bond donors (Lipinski definition) is 2. The van der Waals surface area contributed by atoms with Crippen molar-refractivity contribution in [2.24, 2.45) is 11.8 Å². The summed E-state index contributed by atoms with van der Waals surface area (Å²) in [6.07, 6.45) is 0. The summed E-state index contributed by atoms with van der Waals surface area (Å²) in [6.45, 7) is 5.44. The van der Waals surface area contributed by atoms with E-state index in [0.717, 1.165) is 25.5 Å². The Morgan fingerprint density at radius 2 is 2.26 bits per heavy atom. The first-order valence-corrected chi connectivity index (χ1v) is 6.74. The van der Waals surface area contributed by atoms with Gasteiger partial charge < -0.3 is 15.5 Å². The summed E-state index contributed by atoms with van der Waals surface area (Å²) < 4.78 is 0. The van der Waals surface area contributed by atoms with Crippen LogP contribution in [0.25, 0.3) is 0 Å². The van der Waals surface area contributed by atoms with Crippen molar-refractivity contribution in [2.75, 3.05) is 31.6 Å². The molecule has 3 rings (SSSR count). The molecule has 102 valence electrons. The molecular weight excluding hydrogens is 242 g/mol. The zero-order valence-electron chi connectivity index (χ0n) is 11.3. The second-order valence-electron chi connectivity index (χ2n) is 5.33. The fraction of sp³-hybridized carbons (Fsp3) is 0.615. The van der Waals surface area contributed by atoms with E-state index in [0.29, 0.717) is 23.6 Å². The third kappa shape index (κ3) is 2.06. The molecule has 1 aromatic rings. The van der Waals surface area contributed by atoms with Crippen molar-refractivity contribution < 1.29 is 4.79 Å². The molecule has 0 saturated carbocycles. The zero-order valence-corrected chi connectivity index (χ0v) is 11.3. The zero-order chi connectivity index (χ0) is 13.4. The molecule has 2 N–H and O–H groups in total. The van der Waals surface area contributed by atoms with Gasteiger partial charge in [0.25, 0.3) is 5.91 Å². The lowest BCUT2D eigenvalue weighted by Gasteiger charge is -2.24. The van der Waals surface area contributed by atoms with E-state index < -0.39 is 0 Å². The number of nitrogens with zero attached hydrogens (tertiary/aromatic N) is 3. The minimum atomic E-state index is -0.199. The molecule has 0 spiro atoms. The van der Waals surface area contributed by atoms with Crippen LogP contribution in [0, 0.1) is 11.8 Å². The van der Waals surface area contributed by atoms with Gasteiger partial charge in [-0.05, 0) is 30.9 Å². The molecule has 2 aliphatic rings. The smallest absolute Gasteiger partial charge is 0.271 e. The minimum absolute atomic E-state index is 0.199. The van der Waals surface area contributed by atoms with Gasteiger partial charge in [0.2, 0.25) is 0 Å². The first-order valence-electron chi connectivity index (χ1n) is 6.74. The Morgan fingerprint density at radius 3 is 2.89 bits per heavy atom. The second kappa shape index (κ2) is 4.77. The van der Waals surface area contributed by atoms with Gasteiger partial charge in [-0.3, -0.25) is 4.79 Å². The van der Waals surface area contributed by atoms with Gasteiger partial charge in [-0.25, -0.2) is 0 Å². The van der Waals surface area contributed by atoms with Crippen LogP contribution >= 0.6 is 0 Å². The number of carbonyl (C=O) groups excluding carboxylic acids is 1. The Kier molecular flexibility index (Phi) is 3.10. The maximum Gasteiger partial charge on any atom is 0.271 e. The molecule has 3 unspecified atom stereocenters. The quantitative estimate of drug-likeness (QED) is 0.777. The van der Waals surface area contributed by atoms with Crippen LogP contribution in [0.4, 0.5) is 5.82 Å². The third-order valence-electron chi connectivity index (χ3n) is 4.34. The van der Waals surface area contributed by atoms with E-state index in [2.05, 4.69) is 32.7 Å². The van der Waals surface area contributed by atoms with Crippen molar-refractivity contribution in [3.05, 3.63) is 17.8 Å². The lowest BCUT2D eigenvalue weighted by atomic mass is 9.95. The van der Waals surface area contributed by atoms with E-state index in [-0.39, 0.29) is 5.91 Å². The van der Waals surface area contributed by atoms with E-state index in [9.17, 15) is 4.79 Å². The largest absolute Gasteiger partial charge is 0.354 e. The lowest BCUT2D eigenvalue weighted by Crippen LogP contribution is -2.34. The number of nitrogens with one attached hydrogen (secondary N) is 2. The molecule has 2 fully saturated rings. The van der Waals surface area contributed by atoms with Crippen LogP contribution in [0.2, 0.25) is 0 Å². The molecule has 19 heavy (non-hydrogen) atoms. The van der Waals surface area contributed by atoms with Gasteiger partial charge >= 0.3 is 0 Å². The van der Waals surface area contributed by atoms with Crippen LogP contribution in [0.1, 0.15) is 17.4 Å². The van der Waals surface area contributed by atoms with Crippen molar-refractivity contribution in [1.82, 2.24) is 20.8 Å². The van der Waals surface area contributed by atoms with Crippen molar-refractivity contribution >= 4 is 11.7 Å². The molecule has 0 radical (unpaired) electrons. The lowest BCUT2D eigenvalue weighted by molar-refractivity contribution is 0.0957. The molecule has 3 heterocycles. The molecule has 1 aromatic heterocycles. The summed E-state index contributed by atoms with van der Waals surface area (Å²) in [5.74, 6) is 2.07. The number of fused-ring (bicyclic) bond motifs is 1. The first-order chi connectivity index (χ1) is 9.20. The average Bonchev–Trinajstić information content (AvgIpc) is 3.02. The molecule has 6 nitrogen and oxygen atoms in total. The first kappa shape index (κ1) is 12.3. The van der Waals surface area contributed by atoms with Crippen molar-refractivity contribution in [1.29, 1.82) is 0 Å². The van der Waals surface area contributed by atoms with E-state index in [1.807, 2.05) is 6.07 Å². The molecule has 0 aromatic carbocycles. The summed E-state index contributed by atoms with van der Waals surface area (Å²) in [5.41, 5.74) is 0.361. The maximum atomic E-state index is 11.4. The number of carbonyl (C=O) groups is 1. The van der Waals surface area contributed by atoms with Crippen LogP contribution in [0.15, 0.2) is 12.1 Å². The molecule has 2 saturated heterocycles. The van der Waals surface area contributed by atoms with Crippen molar-refractivity contribution in [3.8, 4) is 0 Å². The number of amides is 1. The fourth-order valence-electron chi connectivity index (χ4n) is 3.20. The Hall–Kier alpha value is -1.69. The van der Waals surface area contributed by atoms with E-state index in [1.165, 1.54) is 0 Å². The summed E-state index contributed by atoms with van der Waals surface area (Å²) in [7, 11) is 1.59. The van der Waals surface area contributed by atoms with Gasteiger partial charge in [0, 0.05) is 32.7 Å². The van der Waals surface area contributed by atoms with Gasteiger partial charge in [0.1, 0.15) is 0 Å². The minimum Gasteiger partial charge on any atom is -0.354 e. The Morgan fingerprint density at radius 1 is 1.42 bits per heavy atom. The Bertz CT molecular complexity index is 474. The second-order valence-corrected chi connectivity index (χ2v) is 5.33. The SMILES string of the molecule is CNC(=O)c1ccc(N2CC3CNCC3C2C)nn1. The molecule has 2 aliphatic heterocycles. The topological polar surface area (TPSA) is 70.2 Å². The van der Waals surface area contributed by atoms with Gasteiger partial charge in [-0.1, -0.05) is 0 Å². The van der Waals surface area contributed by atoms with Crippen LogP contribution in [-0.4, -0.2) is 48.8 Å². The molecule has 0 aliphatic carbocycles. The van der Waals surface area contributed by atoms with Crippen LogP contribution in [-0.2, 0) is 0 Å². The van der Waals surface area contributed by atoms with Gasteiger partial charge in [-0.2, -0.15) is 0 Å². The highest BCUT2D eigenvalue weighted by Gasteiger charge is 2.42. The number of aromatic nitrogens is 2. The van der Waals surface area contributed by atoms with E-state index >= 15 is 0 Å². The summed E-state index contributed by atoms with van der Waals surface area (Å²) >= 11 is 0. The Balaban J connectivity index is 1.78. The highest BCUT2D eigenvalue weighted by atomic mass is 16.1. The molecular formula is C13H19N5O. The van der Waals surface area contributed by atoms with E-state index in [1.54, 1.807) is 13.1 Å². The van der Waals surface area contributed by atoms with Crippen molar-refractivity contribution in [2.45, 2.75) is 13.0 Å². The Labute approximate surface area is 112 Å². The van der Waals surface area contributed by atoms with Crippen LogP contribution < -0.4 is 15.5 Å². The normalized spacial score (nSPS) is 29.4. The molecule has 6 heteroatoms. The van der Waals surface area contributed by atoms with Crippen LogP contribution in [0.3, 0.4) is 0 Å². The third-order valence-corrected chi connectivity index (χ3v) is 4.34. The summed E-state index contributed by atoms with van der Waals surface area (Å²) in [4.78, 5) is 13.7. The number of rotatable bonds is 2. The maximum absolute atomic E-state index is 11.4. The van der Waals surface area contributed by atoms with Gasteiger partial charge in [-0.15, -0.1) is 10.2 Å². The van der Waals surface area contributed by atoms with Gasteiger partial charge in [0.05, 0.1) is 0 Å². The van der Waals surface area contributed by atoms with Gasteiger partial charge in [0.15, 0.2) is 11.5 Å². The highest BCUT2D eigenvalue weighted by molar-refractivity contribution is 5.91. The number of hydrogen-bond acceptors (Lipinski definition) is 5. The molecule has 1 amide bonds. The summed E-state index contributed by atoms with van der Waals surface area (Å²) in [5, 5.41) is 14.2. The fourth-order valence-corrected chi connectivity index (χ4v) is 3.20. The van der Waals surface area contributed by atoms with Crippen molar-refractivity contribution in [3.63, 3.8) is 0 Å². The highest BCUT2D eigenvalue weighted by Crippen LogP contribution is 2.34. The monoisotopic (exact) mass is 261 g/mol. The number of anilines is 1. The van der Waals surface area contributed by atoms with Crippen LogP contribution in [0.5, 0.6) is 0 Å². The molecule has 3 atom stereocenters. The summed E-state index contributed by atoms with van der Waals surface area (Å²) in [6, 6.07) is 4.10. The average molecular weight is 261 g/mol. The standard InChI is InChI=1S/C13H19N5O/c1-8-10-6-15-5-9(10)7-18(8)12-4-3-11(16-17-12)13(19)14-2/h3-4,8-10,15H,5-7H2,1-2H3,(H,14,19). The predicted molar refractivity (Wildman–Crippen MR) is 72.1 cm³/mol. The van der Waals surface area contributed by atoms with E-state index in [4.69, 9.17) is 0 Å².